The summed E-state index contributed by atoms with van der Waals surface area (Å²) in [6, 6.07) is 8.16. The van der Waals surface area contributed by atoms with E-state index >= 15 is 0 Å². The Morgan fingerprint density at radius 2 is 2.00 bits per heavy atom. The molecular formula is C19H25ClN4O2. The molecule has 1 saturated carbocycles. The summed E-state index contributed by atoms with van der Waals surface area (Å²) in [5, 5.41) is 25.0. The van der Waals surface area contributed by atoms with E-state index in [1.807, 2.05) is 12.1 Å². The van der Waals surface area contributed by atoms with Crippen LogP contribution in [0.25, 0.3) is 0 Å². The second-order valence-corrected chi connectivity index (χ2v) is 7.58. The second kappa shape index (κ2) is 8.61. The van der Waals surface area contributed by atoms with Crippen LogP contribution in [0, 0.1) is 11.3 Å². The number of nitriles is 1. The number of carbonyl (C=O) groups is 1. The molecule has 1 aromatic rings. The van der Waals surface area contributed by atoms with Gasteiger partial charge in [-0.1, -0.05) is 24.4 Å². The van der Waals surface area contributed by atoms with Gasteiger partial charge in [0.25, 0.3) is 0 Å². The summed E-state index contributed by atoms with van der Waals surface area (Å²) in [4.78, 5) is 13.3. The number of benzene rings is 1. The molecule has 0 spiro atoms. The maximum Gasteiger partial charge on any atom is 0.404 e. The third-order valence-corrected chi connectivity index (χ3v) is 5.70. The lowest BCUT2D eigenvalue weighted by Gasteiger charge is -2.40. The lowest BCUT2D eigenvalue weighted by atomic mass is 9.89. The molecular weight excluding hydrogens is 352 g/mol. The Morgan fingerprint density at radius 1 is 1.23 bits per heavy atom. The number of hydrogen-bond acceptors (Lipinski definition) is 4. The molecule has 0 bridgehead atoms. The molecule has 1 amide bonds. The zero-order valence-corrected chi connectivity index (χ0v) is 15.5. The van der Waals surface area contributed by atoms with Crippen LogP contribution in [-0.4, -0.2) is 42.4 Å². The van der Waals surface area contributed by atoms with Crippen molar-refractivity contribution in [3.05, 3.63) is 28.8 Å². The monoisotopic (exact) mass is 376 g/mol. The number of piperidine rings is 1. The zero-order valence-electron chi connectivity index (χ0n) is 14.7. The highest BCUT2D eigenvalue weighted by Crippen LogP contribution is 2.27. The Labute approximate surface area is 159 Å². The van der Waals surface area contributed by atoms with Gasteiger partial charge < -0.3 is 20.6 Å². The van der Waals surface area contributed by atoms with Gasteiger partial charge in [0.1, 0.15) is 6.07 Å². The fourth-order valence-corrected chi connectivity index (χ4v) is 4.32. The van der Waals surface area contributed by atoms with E-state index in [0.717, 1.165) is 57.3 Å². The van der Waals surface area contributed by atoms with Crippen molar-refractivity contribution in [2.24, 2.45) is 0 Å². The van der Waals surface area contributed by atoms with Crippen LogP contribution in [0.4, 0.5) is 10.5 Å². The third-order valence-electron chi connectivity index (χ3n) is 5.38. The molecule has 1 heterocycles. The van der Waals surface area contributed by atoms with Crippen LogP contribution in [0.5, 0.6) is 0 Å². The Bertz CT molecular complexity index is 691. The fourth-order valence-electron chi connectivity index (χ4n) is 4.10. The van der Waals surface area contributed by atoms with Gasteiger partial charge in [0.05, 0.1) is 10.6 Å². The minimum absolute atomic E-state index is 0.0130. The predicted molar refractivity (Wildman–Crippen MR) is 102 cm³/mol. The molecule has 3 N–H and O–H groups in total. The van der Waals surface area contributed by atoms with Crippen LogP contribution in [-0.2, 0) is 0 Å². The standard InChI is InChI=1S/C19H25ClN4O2/c20-16-10-15(8-7-13(16)11-21)24-9-3-4-14(12-24)22-17-5-1-2-6-18(17)23-19(25)26/h7-8,10,14,17-18,22-23H,1-6,9,12H2,(H,25,26). The summed E-state index contributed by atoms with van der Waals surface area (Å²) >= 11 is 6.18. The maximum absolute atomic E-state index is 11.0. The quantitative estimate of drug-likeness (QED) is 0.749. The topological polar surface area (TPSA) is 88.4 Å². The summed E-state index contributed by atoms with van der Waals surface area (Å²) in [7, 11) is 0. The van der Waals surface area contributed by atoms with Gasteiger partial charge in [-0.3, -0.25) is 0 Å². The lowest BCUT2D eigenvalue weighted by molar-refractivity contribution is 0.176. The molecule has 2 aliphatic rings. The number of hydrogen-bond donors (Lipinski definition) is 3. The first kappa shape index (κ1) is 18.8. The van der Waals surface area contributed by atoms with Crippen LogP contribution >= 0.6 is 11.6 Å². The van der Waals surface area contributed by atoms with E-state index in [2.05, 4.69) is 21.6 Å². The molecule has 140 valence electrons. The number of anilines is 1. The molecule has 1 aliphatic carbocycles. The minimum atomic E-state index is -0.943. The molecule has 1 aromatic carbocycles. The van der Waals surface area contributed by atoms with Crippen LogP contribution in [0.15, 0.2) is 18.2 Å². The number of carboxylic acid groups (broad SMARTS) is 1. The number of amides is 1. The van der Waals surface area contributed by atoms with Gasteiger partial charge in [-0.05, 0) is 43.9 Å². The van der Waals surface area contributed by atoms with Crippen molar-refractivity contribution in [3.8, 4) is 6.07 Å². The van der Waals surface area contributed by atoms with Crippen molar-refractivity contribution in [1.82, 2.24) is 10.6 Å². The highest BCUT2D eigenvalue weighted by Gasteiger charge is 2.30. The van der Waals surface area contributed by atoms with E-state index in [4.69, 9.17) is 22.0 Å². The van der Waals surface area contributed by atoms with E-state index in [0.29, 0.717) is 16.6 Å². The number of nitrogens with zero attached hydrogens (tertiary/aromatic N) is 2. The van der Waals surface area contributed by atoms with Gasteiger partial charge in [-0.25, -0.2) is 4.79 Å². The van der Waals surface area contributed by atoms with Gasteiger partial charge in [0.2, 0.25) is 0 Å². The molecule has 1 saturated heterocycles. The second-order valence-electron chi connectivity index (χ2n) is 7.17. The van der Waals surface area contributed by atoms with E-state index < -0.39 is 6.09 Å². The highest BCUT2D eigenvalue weighted by atomic mass is 35.5. The molecule has 3 rings (SSSR count). The average Bonchev–Trinajstić information content (AvgIpc) is 2.63. The molecule has 3 atom stereocenters. The van der Waals surface area contributed by atoms with Crippen LogP contribution < -0.4 is 15.5 Å². The Morgan fingerprint density at radius 3 is 2.69 bits per heavy atom. The summed E-state index contributed by atoms with van der Waals surface area (Å²) in [6.45, 7) is 1.82. The number of nitrogens with one attached hydrogen (secondary N) is 2. The molecule has 3 unspecified atom stereocenters. The molecule has 1 aliphatic heterocycles. The lowest BCUT2D eigenvalue weighted by Crippen LogP contribution is -2.57. The van der Waals surface area contributed by atoms with E-state index in [1.54, 1.807) is 6.07 Å². The number of rotatable bonds is 4. The van der Waals surface area contributed by atoms with Crippen molar-refractivity contribution in [1.29, 1.82) is 5.26 Å². The smallest absolute Gasteiger partial charge is 0.404 e. The van der Waals surface area contributed by atoms with Gasteiger partial charge in [-0.15, -0.1) is 0 Å². The third kappa shape index (κ3) is 4.60. The van der Waals surface area contributed by atoms with Crippen molar-refractivity contribution in [2.75, 3.05) is 18.0 Å². The number of halogens is 1. The largest absolute Gasteiger partial charge is 0.465 e. The van der Waals surface area contributed by atoms with Crippen LogP contribution in [0.1, 0.15) is 44.1 Å². The Hall–Kier alpha value is -1.97. The fraction of sp³-hybridized carbons (Fsp3) is 0.579. The molecule has 7 heteroatoms. The van der Waals surface area contributed by atoms with Gasteiger partial charge in [-0.2, -0.15) is 5.26 Å². The average molecular weight is 377 g/mol. The zero-order chi connectivity index (χ0) is 18.5. The minimum Gasteiger partial charge on any atom is -0.465 e. The van der Waals surface area contributed by atoms with E-state index in [-0.39, 0.29) is 12.1 Å². The van der Waals surface area contributed by atoms with Crippen LogP contribution in [0.3, 0.4) is 0 Å². The molecule has 26 heavy (non-hydrogen) atoms. The molecule has 6 nitrogen and oxygen atoms in total. The molecule has 0 radical (unpaired) electrons. The normalized spacial score (nSPS) is 26.2. The van der Waals surface area contributed by atoms with Crippen molar-refractivity contribution in [3.63, 3.8) is 0 Å². The van der Waals surface area contributed by atoms with Crippen LogP contribution in [0.2, 0.25) is 5.02 Å². The predicted octanol–water partition coefficient (Wildman–Crippen LogP) is 3.35. The van der Waals surface area contributed by atoms with Crippen molar-refractivity contribution >= 4 is 23.4 Å². The summed E-state index contributed by atoms with van der Waals surface area (Å²) in [6.07, 6.45) is 5.31. The Kier molecular flexibility index (Phi) is 6.23. The highest BCUT2D eigenvalue weighted by molar-refractivity contribution is 6.32. The van der Waals surface area contributed by atoms with E-state index in [9.17, 15) is 4.79 Å². The van der Waals surface area contributed by atoms with Gasteiger partial charge >= 0.3 is 6.09 Å². The first-order valence-corrected chi connectivity index (χ1v) is 9.64. The molecule has 0 aromatic heterocycles. The first-order valence-electron chi connectivity index (χ1n) is 9.27. The van der Waals surface area contributed by atoms with Gasteiger partial charge in [0, 0.05) is 36.9 Å². The van der Waals surface area contributed by atoms with Crippen molar-refractivity contribution in [2.45, 2.75) is 56.7 Å². The summed E-state index contributed by atoms with van der Waals surface area (Å²) in [5.41, 5.74) is 1.52. The maximum atomic E-state index is 11.0. The SMILES string of the molecule is N#Cc1ccc(N2CCCC(NC3CCCCC3NC(=O)O)C2)cc1Cl. The Balaban J connectivity index is 1.63. The van der Waals surface area contributed by atoms with Gasteiger partial charge in [0.15, 0.2) is 0 Å². The summed E-state index contributed by atoms with van der Waals surface area (Å²) < 4.78 is 0. The summed E-state index contributed by atoms with van der Waals surface area (Å²) in [5.74, 6) is 0. The first-order chi connectivity index (χ1) is 12.6. The van der Waals surface area contributed by atoms with Crippen molar-refractivity contribution < 1.29 is 9.90 Å². The molecule has 2 fully saturated rings. The van der Waals surface area contributed by atoms with E-state index in [1.165, 1.54) is 0 Å².